The van der Waals surface area contributed by atoms with Crippen LogP contribution in [-0.4, -0.2) is 20.3 Å². The summed E-state index contributed by atoms with van der Waals surface area (Å²) in [6.45, 7) is 8.28. The molecular weight excluding hydrogens is 210 g/mol. The van der Waals surface area contributed by atoms with Crippen molar-refractivity contribution in [3.8, 4) is 0 Å². The molecule has 1 aromatic carbocycles. The Morgan fingerprint density at radius 1 is 1.18 bits per heavy atom. The van der Waals surface area contributed by atoms with Crippen LogP contribution in [0.15, 0.2) is 30.3 Å². The molecule has 0 aromatic heterocycles. The van der Waals surface area contributed by atoms with Crippen LogP contribution in [0.5, 0.6) is 0 Å². The van der Waals surface area contributed by atoms with Gasteiger partial charge in [0, 0.05) is 6.61 Å². The van der Waals surface area contributed by atoms with Crippen molar-refractivity contribution in [3.05, 3.63) is 35.9 Å². The number of hydrogen-bond donors (Lipinski definition) is 1. The van der Waals surface area contributed by atoms with Gasteiger partial charge in [-0.3, -0.25) is 0 Å². The third-order valence-corrected chi connectivity index (χ3v) is 2.83. The highest BCUT2D eigenvalue weighted by Crippen LogP contribution is 2.19. The third kappa shape index (κ3) is 5.85. The quantitative estimate of drug-likeness (QED) is 0.763. The first-order valence-electron chi connectivity index (χ1n) is 6.33. The molecule has 0 amide bonds. The van der Waals surface area contributed by atoms with Gasteiger partial charge in [-0.15, -0.1) is 0 Å². The molecule has 0 heterocycles. The van der Waals surface area contributed by atoms with E-state index in [1.54, 1.807) is 0 Å². The minimum Gasteiger partial charge on any atom is -0.379 e. The topological polar surface area (TPSA) is 21.3 Å². The molecule has 0 bridgehead atoms. The molecule has 0 saturated carbocycles. The molecule has 0 aliphatic carbocycles. The smallest absolute Gasteiger partial charge is 0.0661 e. The summed E-state index contributed by atoms with van der Waals surface area (Å²) in [6, 6.07) is 10.7. The lowest BCUT2D eigenvalue weighted by molar-refractivity contribution is 0.0914. The minimum absolute atomic E-state index is 0.288. The van der Waals surface area contributed by atoms with Gasteiger partial charge in [-0.1, -0.05) is 51.1 Å². The normalized spacial score (nSPS) is 13.6. The van der Waals surface area contributed by atoms with Crippen LogP contribution in [0.3, 0.4) is 0 Å². The number of nitrogens with one attached hydrogen (secondary N) is 1. The summed E-state index contributed by atoms with van der Waals surface area (Å²) in [5, 5.41) is 3.29. The van der Waals surface area contributed by atoms with Crippen LogP contribution in [-0.2, 0) is 4.74 Å². The zero-order valence-electron chi connectivity index (χ0n) is 11.5. The van der Waals surface area contributed by atoms with Gasteiger partial charge in [0.25, 0.3) is 0 Å². The van der Waals surface area contributed by atoms with Gasteiger partial charge in [-0.25, -0.2) is 0 Å². The van der Waals surface area contributed by atoms with E-state index >= 15 is 0 Å². The zero-order valence-corrected chi connectivity index (χ0v) is 11.5. The van der Waals surface area contributed by atoms with Crippen LogP contribution < -0.4 is 5.32 Å². The van der Waals surface area contributed by atoms with Crippen LogP contribution in [0.2, 0.25) is 0 Å². The molecule has 1 aromatic rings. The molecule has 1 unspecified atom stereocenters. The number of ether oxygens (including phenoxy) is 1. The molecular formula is C15H25NO. The molecule has 0 saturated heterocycles. The van der Waals surface area contributed by atoms with Crippen molar-refractivity contribution < 1.29 is 4.74 Å². The van der Waals surface area contributed by atoms with Crippen LogP contribution in [0.1, 0.15) is 38.8 Å². The summed E-state index contributed by atoms with van der Waals surface area (Å²) in [6.07, 6.45) is 1.10. The van der Waals surface area contributed by atoms with Crippen molar-refractivity contribution >= 4 is 0 Å². The monoisotopic (exact) mass is 235 g/mol. The lowest BCUT2D eigenvalue weighted by atomic mass is 9.93. The van der Waals surface area contributed by atoms with E-state index in [2.05, 4.69) is 50.4 Å². The standard InChI is InChI=1S/C15H25NO/c1-15(2,3)10-11-17-12-14(16-4)13-8-6-5-7-9-13/h5-9,14,16H,10-12H2,1-4H3. The second-order valence-corrected chi connectivity index (χ2v) is 5.64. The van der Waals surface area contributed by atoms with E-state index < -0.39 is 0 Å². The molecule has 2 heteroatoms. The van der Waals surface area contributed by atoms with E-state index in [1.807, 2.05) is 13.1 Å². The largest absolute Gasteiger partial charge is 0.379 e. The Kier molecular flexibility index (Phi) is 5.66. The fraction of sp³-hybridized carbons (Fsp3) is 0.600. The Morgan fingerprint density at radius 3 is 2.35 bits per heavy atom. The minimum atomic E-state index is 0.288. The first-order chi connectivity index (χ1) is 8.03. The van der Waals surface area contributed by atoms with Crippen molar-refractivity contribution in [3.63, 3.8) is 0 Å². The van der Waals surface area contributed by atoms with E-state index in [-0.39, 0.29) is 6.04 Å². The van der Waals surface area contributed by atoms with E-state index in [4.69, 9.17) is 4.74 Å². The van der Waals surface area contributed by atoms with Gasteiger partial charge < -0.3 is 10.1 Å². The predicted molar refractivity (Wildman–Crippen MR) is 73.1 cm³/mol. The van der Waals surface area contributed by atoms with Crippen molar-refractivity contribution in [1.82, 2.24) is 5.32 Å². The van der Waals surface area contributed by atoms with Gasteiger partial charge >= 0.3 is 0 Å². The SMILES string of the molecule is CNC(COCCC(C)(C)C)c1ccccc1. The van der Waals surface area contributed by atoms with Crippen LogP contribution in [0.4, 0.5) is 0 Å². The van der Waals surface area contributed by atoms with Gasteiger partial charge in [0.15, 0.2) is 0 Å². The van der Waals surface area contributed by atoms with Crippen molar-refractivity contribution in [1.29, 1.82) is 0 Å². The lowest BCUT2D eigenvalue weighted by Crippen LogP contribution is -2.22. The molecule has 2 nitrogen and oxygen atoms in total. The van der Waals surface area contributed by atoms with E-state index in [1.165, 1.54) is 5.56 Å². The number of likely N-dealkylation sites (N-methyl/N-ethyl adjacent to an activating group) is 1. The zero-order chi connectivity index (χ0) is 12.7. The summed E-state index contributed by atoms with van der Waals surface area (Å²) < 4.78 is 5.75. The fourth-order valence-electron chi connectivity index (χ4n) is 1.61. The Hall–Kier alpha value is -0.860. The maximum Gasteiger partial charge on any atom is 0.0661 e. The van der Waals surface area contributed by atoms with E-state index in [0.29, 0.717) is 5.41 Å². The molecule has 0 fully saturated rings. The average molecular weight is 235 g/mol. The number of benzene rings is 1. The molecule has 0 spiro atoms. The number of hydrogen-bond acceptors (Lipinski definition) is 2. The lowest BCUT2D eigenvalue weighted by Gasteiger charge is -2.20. The van der Waals surface area contributed by atoms with Gasteiger partial charge in [0.05, 0.1) is 12.6 Å². The van der Waals surface area contributed by atoms with Gasteiger partial charge in [-0.05, 0) is 24.4 Å². The first-order valence-corrected chi connectivity index (χ1v) is 6.33. The predicted octanol–water partition coefficient (Wildman–Crippen LogP) is 3.40. The summed E-state index contributed by atoms with van der Waals surface area (Å²) in [5.74, 6) is 0. The van der Waals surface area contributed by atoms with Crippen molar-refractivity contribution in [2.24, 2.45) is 5.41 Å². The van der Waals surface area contributed by atoms with E-state index in [0.717, 1.165) is 19.6 Å². The highest BCUT2D eigenvalue weighted by molar-refractivity contribution is 5.18. The fourth-order valence-corrected chi connectivity index (χ4v) is 1.61. The van der Waals surface area contributed by atoms with Crippen LogP contribution in [0.25, 0.3) is 0 Å². The van der Waals surface area contributed by atoms with Crippen LogP contribution in [0, 0.1) is 5.41 Å². The molecule has 0 aliphatic heterocycles. The molecule has 1 N–H and O–H groups in total. The highest BCUT2D eigenvalue weighted by Gasteiger charge is 2.12. The average Bonchev–Trinajstić information content (AvgIpc) is 2.29. The van der Waals surface area contributed by atoms with Gasteiger partial charge in [0.1, 0.15) is 0 Å². The summed E-state index contributed by atoms with van der Waals surface area (Å²) in [7, 11) is 1.98. The Bertz CT molecular complexity index is 302. The first kappa shape index (κ1) is 14.2. The molecule has 17 heavy (non-hydrogen) atoms. The number of rotatable bonds is 6. The Labute approximate surface area is 105 Å². The molecule has 96 valence electrons. The summed E-state index contributed by atoms with van der Waals surface area (Å²) >= 11 is 0. The van der Waals surface area contributed by atoms with Gasteiger partial charge in [-0.2, -0.15) is 0 Å². The second-order valence-electron chi connectivity index (χ2n) is 5.64. The second kappa shape index (κ2) is 6.77. The molecule has 1 atom stereocenters. The van der Waals surface area contributed by atoms with Crippen molar-refractivity contribution in [2.45, 2.75) is 33.2 Å². The Balaban J connectivity index is 2.34. The molecule has 0 radical (unpaired) electrons. The highest BCUT2D eigenvalue weighted by atomic mass is 16.5. The van der Waals surface area contributed by atoms with Crippen molar-refractivity contribution in [2.75, 3.05) is 20.3 Å². The molecule has 1 rings (SSSR count). The maximum absolute atomic E-state index is 5.75. The Morgan fingerprint density at radius 2 is 1.82 bits per heavy atom. The van der Waals surface area contributed by atoms with Crippen LogP contribution >= 0.6 is 0 Å². The third-order valence-electron chi connectivity index (χ3n) is 2.83. The summed E-state index contributed by atoms with van der Waals surface area (Å²) in [5.41, 5.74) is 1.63. The maximum atomic E-state index is 5.75. The summed E-state index contributed by atoms with van der Waals surface area (Å²) in [4.78, 5) is 0. The molecule has 0 aliphatic rings. The van der Waals surface area contributed by atoms with E-state index in [9.17, 15) is 0 Å². The van der Waals surface area contributed by atoms with Gasteiger partial charge in [0.2, 0.25) is 0 Å².